The van der Waals surface area contributed by atoms with Crippen LogP contribution >= 0.6 is 0 Å². The van der Waals surface area contributed by atoms with E-state index in [4.69, 9.17) is 9.52 Å². The van der Waals surface area contributed by atoms with Gasteiger partial charge >= 0.3 is 0 Å². The number of hydrogen-bond acceptors (Lipinski definition) is 5. The molecule has 3 heterocycles. The normalized spacial score (nSPS) is 16.6. The molecule has 0 bridgehead atoms. The number of aliphatic imine (C=N–C) groups is 1. The van der Waals surface area contributed by atoms with E-state index in [2.05, 4.69) is 32.3 Å². The number of piperazine rings is 1. The highest BCUT2D eigenvalue weighted by atomic mass is 16.5. The van der Waals surface area contributed by atoms with Crippen LogP contribution in [0.25, 0.3) is 0 Å². The number of aryl methyl sites for hydroxylation is 1. The SMILES string of the molecule is CCNC(=NCc1ccnn1C)N1CCN(Cc2ccon2)CC1. The molecule has 3 rings (SSSR count). The van der Waals surface area contributed by atoms with Crippen molar-refractivity contribution in [3.8, 4) is 0 Å². The van der Waals surface area contributed by atoms with Crippen molar-refractivity contribution in [1.82, 2.24) is 30.1 Å². The van der Waals surface area contributed by atoms with Crippen LogP contribution in [-0.4, -0.2) is 63.4 Å². The lowest BCUT2D eigenvalue weighted by atomic mass is 10.3. The summed E-state index contributed by atoms with van der Waals surface area (Å²) in [7, 11) is 1.94. The van der Waals surface area contributed by atoms with Crippen molar-refractivity contribution < 1.29 is 4.52 Å². The van der Waals surface area contributed by atoms with Crippen LogP contribution in [0, 0.1) is 0 Å². The van der Waals surface area contributed by atoms with Gasteiger partial charge in [0, 0.05) is 58.6 Å². The zero-order valence-electron chi connectivity index (χ0n) is 14.4. The van der Waals surface area contributed by atoms with Crippen LogP contribution in [0.3, 0.4) is 0 Å². The van der Waals surface area contributed by atoms with E-state index in [-0.39, 0.29) is 0 Å². The summed E-state index contributed by atoms with van der Waals surface area (Å²) in [5.74, 6) is 0.972. The van der Waals surface area contributed by atoms with Crippen molar-refractivity contribution in [2.75, 3.05) is 32.7 Å². The highest BCUT2D eigenvalue weighted by molar-refractivity contribution is 5.80. The molecule has 0 spiro atoms. The third-order valence-electron chi connectivity index (χ3n) is 4.20. The molecule has 0 amide bonds. The second kappa shape index (κ2) is 7.96. The van der Waals surface area contributed by atoms with Crippen molar-refractivity contribution in [1.29, 1.82) is 0 Å². The van der Waals surface area contributed by atoms with Crippen LogP contribution < -0.4 is 5.32 Å². The van der Waals surface area contributed by atoms with Gasteiger partial charge in [0.05, 0.1) is 17.9 Å². The summed E-state index contributed by atoms with van der Waals surface area (Å²) in [6.07, 6.45) is 3.43. The molecular formula is C16H25N7O. The average Bonchev–Trinajstić information content (AvgIpc) is 3.24. The molecule has 1 aliphatic rings. The minimum absolute atomic E-state index is 0.637. The fraction of sp³-hybridized carbons (Fsp3) is 0.562. The van der Waals surface area contributed by atoms with Crippen LogP contribution in [-0.2, 0) is 20.1 Å². The van der Waals surface area contributed by atoms with Crippen molar-refractivity contribution in [2.45, 2.75) is 20.0 Å². The summed E-state index contributed by atoms with van der Waals surface area (Å²) in [5, 5.41) is 11.6. The fourth-order valence-corrected chi connectivity index (χ4v) is 2.80. The molecule has 0 saturated carbocycles. The minimum atomic E-state index is 0.637. The summed E-state index contributed by atoms with van der Waals surface area (Å²) < 4.78 is 6.77. The molecule has 8 heteroatoms. The summed E-state index contributed by atoms with van der Waals surface area (Å²) in [6.45, 7) is 8.32. The van der Waals surface area contributed by atoms with E-state index in [1.165, 1.54) is 0 Å². The maximum absolute atomic E-state index is 4.90. The van der Waals surface area contributed by atoms with Gasteiger partial charge in [0.1, 0.15) is 6.26 Å². The van der Waals surface area contributed by atoms with Gasteiger partial charge in [-0.2, -0.15) is 5.10 Å². The quantitative estimate of drug-likeness (QED) is 0.642. The molecule has 1 aliphatic heterocycles. The first-order chi connectivity index (χ1) is 11.8. The molecule has 8 nitrogen and oxygen atoms in total. The van der Waals surface area contributed by atoms with E-state index in [0.717, 1.165) is 56.6 Å². The van der Waals surface area contributed by atoms with E-state index < -0.39 is 0 Å². The lowest BCUT2D eigenvalue weighted by Gasteiger charge is -2.36. The predicted octanol–water partition coefficient (Wildman–Crippen LogP) is 0.691. The summed E-state index contributed by atoms with van der Waals surface area (Å²) in [5.41, 5.74) is 2.09. The lowest BCUT2D eigenvalue weighted by molar-refractivity contribution is 0.169. The maximum Gasteiger partial charge on any atom is 0.194 e. The molecule has 130 valence electrons. The molecule has 0 radical (unpaired) electrons. The Morgan fingerprint density at radius 2 is 2.12 bits per heavy atom. The molecule has 24 heavy (non-hydrogen) atoms. The maximum atomic E-state index is 4.90. The Morgan fingerprint density at radius 1 is 1.29 bits per heavy atom. The number of nitrogens with one attached hydrogen (secondary N) is 1. The highest BCUT2D eigenvalue weighted by Gasteiger charge is 2.20. The van der Waals surface area contributed by atoms with E-state index in [9.17, 15) is 0 Å². The Balaban J connectivity index is 1.56. The summed E-state index contributed by atoms with van der Waals surface area (Å²) in [6, 6.07) is 3.93. The van der Waals surface area contributed by atoms with Gasteiger partial charge in [0.25, 0.3) is 0 Å². The molecule has 0 aromatic carbocycles. The van der Waals surface area contributed by atoms with Crippen molar-refractivity contribution in [3.05, 3.63) is 36.0 Å². The van der Waals surface area contributed by atoms with Crippen LogP contribution in [0.4, 0.5) is 0 Å². The largest absolute Gasteiger partial charge is 0.364 e. The molecule has 0 atom stereocenters. The van der Waals surface area contributed by atoms with E-state index >= 15 is 0 Å². The molecule has 1 N–H and O–H groups in total. The van der Waals surface area contributed by atoms with Crippen LogP contribution in [0.5, 0.6) is 0 Å². The first-order valence-electron chi connectivity index (χ1n) is 8.38. The zero-order valence-corrected chi connectivity index (χ0v) is 14.4. The van der Waals surface area contributed by atoms with Crippen molar-refractivity contribution in [3.63, 3.8) is 0 Å². The average molecular weight is 331 g/mol. The molecule has 1 fully saturated rings. The van der Waals surface area contributed by atoms with E-state index in [1.54, 1.807) is 12.5 Å². The second-order valence-electron chi connectivity index (χ2n) is 5.87. The van der Waals surface area contributed by atoms with Gasteiger partial charge in [0.15, 0.2) is 5.96 Å². The fourth-order valence-electron chi connectivity index (χ4n) is 2.80. The number of guanidine groups is 1. The second-order valence-corrected chi connectivity index (χ2v) is 5.87. The molecular weight excluding hydrogens is 306 g/mol. The molecule has 0 unspecified atom stereocenters. The Labute approximate surface area is 142 Å². The number of aromatic nitrogens is 3. The predicted molar refractivity (Wildman–Crippen MR) is 91.4 cm³/mol. The van der Waals surface area contributed by atoms with E-state index in [0.29, 0.717) is 6.54 Å². The minimum Gasteiger partial charge on any atom is -0.364 e. The Morgan fingerprint density at radius 3 is 2.75 bits per heavy atom. The number of rotatable bonds is 5. The molecule has 1 saturated heterocycles. The summed E-state index contributed by atoms with van der Waals surface area (Å²) in [4.78, 5) is 9.47. The van der Waals surface area contributed by atoms with Gasteiger partial charge in [-0.15, -0.1) is 0 Å². The molecule has 2 aromatic heterocycles. The van der Waals surface area contributed by atoms with Gasteiger partial charge < -0.3 is 14.7 Å². The smallest absolute Gasteiger partial charge is 0.194 e. The Hall–Kier alpha value is -2.35. The van der Waals surface area contributed by atoms with Crippen LogP contribution in [0.2, 0.25) is 0 Å². The number of nitrogens with zero attached hydrogens (tertiary/aromatic N) is 6. The molecule has 2 aromatic rings. The molecule has 0 aliphatic carbocycles. The van der Waals surface area contributed by atoms with Gasteiger partial charge in [-0.1, -0.05) is 5.16 Å². The zero-order chi connectivity index (χ0) is 16.8. The summed E-state index contributed by atoms with van der Waals surface area (Å²) >= 11 is 0. The van der Waals surface area contributed by atoms with Gasteiger partial charge in [-0.05, 0) is 13.0 Å². The third kappa shape index (κ3) is 4.14. The number of hydrogen-bond donors (Lipinski definition) is 1. The topological polar surface area (TPSA) is 74.7 Å². The van der Waals surface area contributed by atoms with Gasteiger partial charge in [-0.3, -0.25) is 9.58 Å². The highest BCUT2D eigenvalue weighted by Crippen LogP contribution is 2.08. The third-order valence-corrected chi connectivity index (χ3v) is 4.20. The monoisotopic (exact) mass is 331 g/mol. The van der Waals surface area contributed by atoms with Gasteiger partial charge in [0.2, 0.25) is 0 Å². The van der Waals surface area contributed by atoms with Crippen LogP contribution in [0.1, 0.15) is 18.3 Å². The van der Waals surface area contributed by atoms with Gasteiger partial charge in [-0.25, -0.2) is 4.99 Å². The Bertz CT molecular complexity index is 641. The first-order valence-corrected chi connectivity index (χ1v) is 8.38. The first kappa shape index (κ1) is 16.5. The van der Waals surface area contributed by atoms with Crippen molar-refractivity contribution >= 4 is 5.96 Å². The van der Waals surface area contributed by atoms with E-state index in [1.807, 2.05) is 23.9 Å². The lowest BCUT2D eigenvalue weighted by Crippen LogP contribution is -2.52. The van der Waals surface area contributed by atoms with Crippen molar-refractivity contribution in [2.24, 2.45) is 12.0 Å². The Kier molecular flexibility index (Phi) is 5.47. The van der Waals surface area contributed by atoms with Crippen LogP contribution in [0.15, 0.2) is 34.1 Å². The standard InChI is InChI=1S/C16H25N7O/c1-3-17-16(18-12-15-4-6-19-21(15)2)23-9-7-22(8-10-23)13-14-5-11-24-20-14/h4-6,11H,3,7-10,12-13H2,1-2H3,(H,17,18).